The Kier molecular flexibility index (Phi) is 4.70. The highest BCUT2D eigenvalue weighted by atomic mass is 32.2. The molecule has 116 valence electrons. The fraction of sp³-hybridized carbons (Fsp3) is 0.462. The summed E-state index contributed by atoms with van der Waals surface area (Å²) in [5.41, 5.74) is 1.67. The molecular weight excluding hydrogens is 308 g/mol. The number of aromatic amines is 1. The quantitative estimate of drug-likeness (QED) is 0.760. The van der Waals surface area contributed by atoms with E-state index in [0.717, 1.165) is 16.3 Å². The molecule has 2 aromatic rings. The Morgan fingerprint density at radius 1 is 1.38 bits per heavy atom. The van der Waals surface area contributed by atoms with Crippen LogP contribution in [-0.2, 0) is 16.6 Å². The summed E-state index contributed by atoms with van der Waals surface area (Å²) in [5, 5.41) is 3.63. The first-order valence-corrected chi connectivity index (χ1v) is 8.95. The van der Waals surface area contributed by atoms with Crippen LogP contribution in [0, 0.1) is 13.8 Å². The Balaban J connectivity index is 2.12. The molecule has 0 spiro atoms. The first kappa shape index (κ1) is 16.0. The van der Waals surface area contributed by atoms with Crippen LogP contribution in [-0.4, -0.2) is 24.4 Å². The maximum atomic E-state index is 12.3. The fourth-order valence-corrected chi connectivity index (χ4v) is 3.75. The topological polar surface area (TPSA) is 86.9 Å². The number of rotatable bonds is 6. The molecule has 2 aromatic heterocycles. The minimum absolute atomic E-state index is 0.216. The van der Waals surface area contributed by atoms with Crippen molar-refractivity contribution >= 4 is 26.5 Å². The molecule has 0 unspecified atom stereocenters. The van der Waals surface area contributed by atoms with Gasteiger partial charge in [-0.2, -0.15) is 0 Å². The third kappa shape index (κ3) is 4.05. The number of nitrogens with one attached hydrogen (secondary N) is 3. The van der Waals surface area contributed by atoms with E-state index in [2.05, 4.69) is 20.0 Å². The summed E-state index contributed by atoms with van der Waals surface area (Å²) in [6, 6.07) is 1.97. The fourth-order valence-electron chi connectivity index (χ4n) is 1.68. The van der Waals surface area contributed by atoms with Crippen LogP contribution in [0.5, 0.6) is 0 Å². The summed E-state index contributed by atoms with van der Waals surface area (Å²) in [5.74, 6) is 0. The van der Waals surface area contributed by atoms with Crippen LogP contribution in [0.3, 0.4) is 0 Å². The molecule has 0 bridgehead atoms. The number of sulfonamides is 1. The van der Waals surface area contributed by atoms with Crippen molar-refractivity contribution in [3.05, 3.63) is 28.5 Å². The van der Waals surface area contributed by atoms with Crippen molar-refractivity contribution in [3.8, 4) is 0 Å². The molecule has 2 heterocycles. The van der Waals surface area contributed by atoms with Crippen molar-refractivity contribution in [2.45, 2.75) is 45.2 Å². The Bertz CT molecular complexity index is 697. The number of nitrogens with zero attached hydrogens (tertiary/aromatic N) is 1. The average Bonchev–Trinajstić information content (AvgIpc) is 2.95. The van der Waals surface area contributed by atoms with Gasteiger partial charge in [0, 0.05) is 29.4 Å². The first-order chi connectivity index (χ1) is 9.78. The van der Waals surface area contributed by atoms with Crippen molar-refractivity contribution in [2.24, 2.45) is 0 Å². The van der Waals surface area contributed by atoms with E-state index in [1.807, 2.05) is 27.7 Å². The zero-order chi connectivity index (χ0) is 15.6. The molecule has 3 N–H and O–H groups in total. The molecule has 6 nitrogen and oxygen atoms in total. The summed E-state index contributed by atoms with van der Waals surface area (Å²) in [6.45, 7) is 8.44. The molecule has 0 saturated carbocycles. The summed E-state index contributed by atoms with van der Waals surface area (Å²) in [4.78, 5) is 8.38. The molecule has 0 atom stereocenters. The van der Waals surface area contributed by atoms with Crippen LogP contribution in [0.4, 0.5) is 5.13 Å². The third-order valence-corrected chi connectivity index (χ3v) is 5.41. The standard InChI is InChI=1S/C13H20N4O2S2/c1-8(2)14-6-11-5-12(7-15-11)21(18,19)17-13-16-9(3)10(4)20-13/h5,7-8,14-15H,6H2,1-4H3,(H,16,17). The zero-order valence-electron chi connectivity index (χ0n) is 12.5. The van der Waals surface area contributed by atoms with E-state index in [-0.39, 0.29) is 4.90 Å². The lowest BCUT2D eigenvalue weighted by atomic mass is 10.3. The van der Waals surface area contributed by atoms with Crippen LogP contribution in [0.2, 0.25) is 0 Å². The normalized spacial score (nSPS) is 12.0. The molecule has 0 amide bonds. The van der Waals surface area contributed by atoms with E-state index in [0.29, 0.717) is 17.7 Å². The smallest absolute Gasteiger partial charge is 0.265 e. The minimum Gasteiger partial charge on any atom is -0.363 e. The second kappa shape index (κ2) is 6.17. The predicted molar refractivity (Wildman–Crippen MR) is 85.2 cm³/mol. The molecule has 0 aromatic carbocycles. The highest BCUT2D eigenvalue weighted by Crippen LogP contribution is 2.24. The second-order valence-electron chi connectivity index (χ2n) is 5.16. The van der Waals surface area contributed by atoms with Gasteiger partial charge in [0.05, 0.1) is 5.69 Å². The van der Waals surface area contributed by atoms with Crippen molar-refractivity contribution in [1.82, 2.24) is 15.3 Å². The molecule has 0 aliphatic rings. The third-order valence-electron chi connectivity index (χ3n) is 2.98. The van der Waals surface area contributed by atoms with E-state index in [1.165, 1.54) is 17.5 Å². The number of aromatic nitrogens is 2. The van der Waals surface area contributed by atoms with Gasteiger partial charge in [-0.25, -0.2) is 13.4 Å². The van der Waals surface area contributed by atoms with Crippen molar-refractivity contribution in [1.29, 1.82) is 0 Å². The molecule has 0 aliphatic carbocycles. The molecule has 0 fully saturated rings. The molecule has 0 radical (unpaired) electrons. The summed E-state index contributed by atoms with van der Waals surface area (Å²) < 4.78 is 27.1. The van der Waals surface area contributed by atoms with Gasteiger partial charge in [-0.3, -0.25) is 4.72 Å². The highest BCUT2D eigenvalue weighted by molar-refractivity contribution is 7.93. The van der Waals surface area contributed by atoms with Gasteiger partial charge in [0.2, 0.25) is 0 Å². The van der Waals surface area contributed by atoms with Gasteiger partial charge in [-0.1, -0.05) is 13.8 Å². The van der Waals surface area contributed by atoms with E-state index in [1.54, 1.807) is 6.07 Å². The van der Waals surface area contributed by atoms with Gasteiger partial charge >= 0.3 is 0 Å². The van der Waals surface area contributed by atoms with Crippen LogP contribution >= 0.6 is 11.3 Å². The molecule has 8 heteroatoms. The van der Waals surface area contributed by atoms with E-state index < -0.39 is 10.0 Å². The molecular formula is C13H20N4O2S2. The summed E-state index contributed by atoms with van der Waals surface area (Å²) in [7, 11) is -3.60. The van der Waals surface area contributed by atoms with Gasteiger partial charge in [0.1, 0.15) is 4.90 Å². The lowest BCUT2D eigenvalue weighted by Crippen LogP contribution is -2.21. The Hall–Kier alpha value is -1.38. The maximum Gasteiger partial charge on any atom is 0.265 e. The van der Waals surface area contributed by atoms with Gasteiger partial charge in [0.25, 0.3) is 10.0 Å². The first-order valence-electron chi connectivity index (χ1n) is 6.65. The lowest BCUT2D eigenvalue weighted by Gasteiger charge is -2.05. The number of hydrogen-bond acceptors (Lipinski definition) is 5. The predicted octanol–water partition coefficient (Wildman–Crippen LogP) is 2.39. The Morgan fingerprint density at radius 2 is 2.10 bits per heavy atom. The van der Waals surface area contributed by atoms with Gasteiger partial charge < -0.3 is 10.3 Å². The zero-order valence-corrected chi connectivity index (χ0v) is 14.2. The number of thiazole rings is 1. The van der Waals surface area contributed by atoms with Crippen LogP contribution in [0.15, 0.2) is 17.2 Å². The summed E-state index contributed by atoms with van der Waals surface area (Å²) in [6.07, 6.45) is 1.49. The van der Waals surface area contributed by atoms with E-state index in [9.17, 15) is 8.42 Å². The molecule has 0 aliphatic heterocycles. The maximum absolute atomic E-state index is 12.3. The Morgan fingerprint density at radius 3 is 2.67 bits per heavy atom. The monoisotopic (exact) mass is 328 g/mol. The molecule has 2 rings (SSSR count). The Labute approximate surface area is 129 Å². The largest absolute Gasteiger partial charge is 0.363 e. The van der Waals surface area contributed by atoms with Crippen molar-refractivity contribution < 1.29 is 8.42 Å². The van der Waals surface area contributed by atoms with Gasteiger partial charge in [0.15, 0.2) is 5.13 Å². The van der Waals surface area contributed by atoms with Crippen LogP contribution < -0.4 is 10.0 Å². The number of aryl methyl sites for hydroxylation is 2. The highest BCUT2D eigenvalue weighted by Gasteiger charge is 2.18. The molecule has 0 saturated heterocycles. The van der Waals surface area contributed by atoms with Crippen LogP contribution in [0.25, 0.3) is 0 Å². The van der Waals surface area contributed by atoms with Gasteiger partial charge in [-0.05, 0) is 19.9 Å². The lowest BCUT2D eigenvalue weighted by molar-refractivity contribution is 0.582. The molecule has 21 heavy (non-hydrogen) atoms. The van der Waals surface area contributed by atoms with Gasteiger partial charge in [-0.15, -0.1) is 11.3 Å². The van der Waals surface area contributed by atoms with Crippen molar-refractivity contribution in [3.63, 3.8) is 0 Å². The SMILES string of the molecule is Cc1nc(NS(=O)(=O)c2c[nH]c(CNC(C)C)c2)sc1C. The van der Waals surface area contributed by atoms with Crippen LogP contribution in [0.1, 0.15) is 30.1 Å². The van der Waals surface area contributed by atoms with Crippen molar-refractivity contribution in [2.75, 3.05) is 4.72 Å². The summed E-state index contributed by atoms with van der Waals surface area (Å²) >= 11 is 1.33. The second-order valence-corrected chi connectivity index (χ2v) is 8.05. The number of anilines is 1. The number of hydrogen-bond donors (Lipinski definition) is 3. The van der Waals surface area contributed by atoms with E-state index >= 15 is 0 Å². The number of H-pyrrole nitrogens is 1. The van der Waals surface area contributed by atoms with E-state index in [4.69, 9.17) is 0 Å². The average molecular weight is 328 g/mol. The minimum atomic E-state index is -3.60.